The van der Waals surface area contributed by atoms with Gasteiger partial charge in [-0.2, -0.15) is 0 Å². The summed E-state index contributed by atoms with van der Waals surface area (Å²) in [5.74, 6) is 0. The van der Waals surface area contributed by atoms with Gasteiger partial charge < -0.3 is 16.3 Å². The zero-order valence-electron chi connectivity index (χ0n) is 12.6. The monoisotopic (exact) mass is 252 g/mol. The summed E-state index contributed by atoms with van der Waals surface area (Å²) in [5.41, 5.74) is 0. The van der Waals surface area contributed by atoms with E-state index in [4.69, 9.17) is 11.8 Å². The third-order valence-corrected chi connectivity index (χ3v) is 4.42. The zero-order chi connectivity index (χ0) is 13.7. The van der Waals surface area contributed by atoms with E-state index in [9.17, 15) is 0 Å². The van der Waals surface area contributed by atoms with Crippen molar-refractivity contribution in [2.24, 2.45) is 0 Å². The highest BCUT2D eigenvalue weighted by molar-refractivity contribution is 4.54. The van der Waals surface area contributed by atoms with E-state index in [0.29, 0.717) is 0 Å². The summed E-state index contributed by atoms with van der Waals surface area (Å²) in [6.07, 6.45) is 13.1. The Morgan fingerprint density at radius 2 is 1.39 bits per heavy atom. The molecule has 0 saturated carbocycles. The summed E-state index contributed by atoms with van der Waals surface area (Å²) in [6, 6.07) is 0. The molecule has 0 aromatic heterocycles. The van der Waals surface area contributed by atoms with Crippen LogP contribution in [0.25, 0.3) is 0 Å². The van der Waals surface area contributed by atoms with Gasteiger partial charge in [0.15, 0.2) is 0 Å². The zero-order valence-corrected chi connectivity index (χ0v) is 12.6. The second-order valence-corrected chi connectivity index (χ2v) is 5.66. The van der Waals surface area contributed by atoms with E-state index in [1.807, 2.05) is 0 Å². The van der Waals surface area contributed by atoms with Crippen molar-refractivity contribution in [3.63, 3.8) is 0 Å². The Labute approximate surface area is 115 Å². The number of hydrogen-bond acceptors (Lipinski definition) is 1. The highest BCUT2D eigenvalue weighted by atomic mass is 15.3. The summed E-state index contributed by atoms with van der Waals surface area (Å²) in [5, 5.41) is 6.25. The SMILES string of the molecule is CCCCCCCC[N+]1(CC)CCCCC1.[C-]#N. The van der Waals surface area contributed by atoms with E-state index in [1.54, 1.807) is 0 Å². The van der Waals surface area contributed by atoms with Gasteiger partial charge in [0.1, 0.15) is 0 Å². The van der Waals surface area contributed by atoms with Gasteiger partial charge in [-0.25, -0.2) is 0 Å². The molecule has 0 bridgehead atoms. The highest BCUT2D eigenvalue weighted by Gasteiger charge is 2.26. The summed E-state index contributed by atoms with van der Waals surface area (Å²) in [7, 11) is 0. The average molecular weight is 252 g/mol. The summed E-state index contributed by atoms with van der Waals surface area (Å²) in [6.45, 7) is 15.2. The predicted octanol–water partition coefficient (Wildman–Crippen LogP) is 4.46. The van der Waals surface area contributed by atoms with Crippen molar-refractivity contribution in [2.45, 2.75) is 71.6 Å². The lowest BCUT2D eigenvalue weighted by Gasteiger charge is -2.41. The molecular weight excluding hydrogens is 220 g/mol. The fourth-order valence-electron chi connectivity index (χ4n) is 3.11. The Bertz CT molecular complexity index is 193. The van der Waals surface area contributed by atoms with Gasteiger partial charge in [0.05, 0.1) is 26.2 Å². The quantitative estimate of drug-likeness (QED) is 0.355. The predicted molar refractivity (Wildman–Crippen MR) is 77.6 cm³/mol. The standard InChI is InChI=1S/C15H32N.CN/c1-3-5-6-7-8-10-13-16(4-2)14-11-9-12-15-16;1-2/h3-15H2,1-2H3;/q+1;-1. The molecule has 0 aromatic rings. The molecule has 2 nitrogen and oxygen atoms in total. The van der Waals surface area contributed by atoms with Gasteiger partial charge in [-0.05, 0) is 39.0 Å². The topological polar surface area (TPSA) is 23.8 Å². The third kappa shape index (κ3) is 7.01. The Hall–Kier alpha value is -0.550. The van der Waals surface area contributed by atoms with Crippen LogP contribution in [0.2, 0.25) is 0 Å². The number of likely N-dealkylation sites (tertiary alicyclic amines) is 1. The van der Waals surface area contributed by atoms with E-state index in [1.165, 1.54) is 88.4 Å². The average Bonchev–Trinajstić information content (AvgIpc) is 2.46. The first-order valence-electron chi connectivity index (χ1n) is 7.90. The molecule has 1 rings (SSSR count). The Morgan fingerprint density at radius 3 is 1.94 bits per heavy atom. The number of nitrogens with zero attached hydrogens (tertiary/aromatic N) is 2. The van der Waals surface area contributed by atoms with Crippen LogP contribution in [0.4, 0.5) is 0 Å². The fraction of sp³-hybridized carbons (Fsp3) is 0.938. The lowest BCUT2D eigenvalue weighted by atomic mass is 10.1. The molecule has 0 N–H and O–H groups in total. The van der Waals surface area contributed by atoms with Crippen molar-refractivity contribution in [2.75, 3.05) is 26.2 Å². The van der Waals surface area contributed by atoms with Crippen LogP contribution in [0, 0.1) is 11.8 Å². The summed E-state index contributed by atoms with van der Waals surface area (Å²) < 4.78 is 1.44. The Balaban J connectivity index is 0.00000137. The Kier molecular flexibility index (Phi) is 11.2. The summed E-state index contributed by atoms with van der Waals surface area (Å²) >= 11 is 0. The number of unbranched alkanes of at least 4 members (excludes halogenated alkanes) is 5. The van der Waals surface area contributed by atoms with Crippen LogP contribution in [-0.2, 0) is 0 Å². The number of quaternary nitrogens is 1. The minimum absolute atomic E-state index is 1.37. The van der Waals surface area contributed by atoms with Crippen molar-refractivity contribution in [3.8, 4) is 0 Å². The molecule has 0 atom stereocenters. The molecule has 1 aliphatic heterocycles. The van der Waals surface area contributed by atoms with Crippen molar-refractivity contribution in [3.05, 3.63) is 6.57 Å². The number of rotatable bonds is 8. The van der Waals surface area contributed by atoms with E-state index >= 15 is 0 Å². The molecule has 106 valence electrons. The smallest absolute Gasteiger partial charge is 0.0786 e. The third-order valence-electron chi connectivity index (χ3n) is 4.42. The molecule has 1 aliphatic rings. The van der Waals surface area contributed by atoms with Gasteiger partial charge >= 0.3 is 0 Å². The number of hydrogen-bond donors (Lipinski definition) is 0. The van der Waals surface area contributed by atoms with Gasteiger partial charge in [0, 0.05) is 0 Å². The molecule has 1 fully saturated rings. The minimum Gasteiger partial charge on any atom is -0.512 e. The largest absolute Gasteiger partial charge is 0.512 e. The lowest BCUT2D eigenvalue weighted by molar-refractivity contribution is -0.931. The van der Waals surface area contributed by atoms with Crippen LogP contribution >= 0.6 is 0 Å². The molecule has 0 amide bonds. The molecular formula is C16H32N2. The molecule has 18 heavy (non-hydrogen) atoms. The van der Waals surface area contributed by atoms with Crippen molar-refractivity contribution >= 4 is 0 Å². The van der Waals surface area contributed by atoms with Crippen LogP contribution in [0.3, 0.4) is 0 Å². The molecule has 0 aliphatic carbocycles. The van der Waals surface area contributed by atoms with Crippen LogP contribution in [0.15, 0.2) is 0 Å². The van der Waals surface area contributed by atoms with Gasteiger partial charge in [-0.3, -0.25) is 0 Å². The van der Waals surface area contributed by atoms with E-state index in [-0.39, 0.29) is 0 Å². The summed E-state index contributed by atoms with van der Waals surface area (Å²) in [4.78, 5) is 0. The van der Waals surface area contributed by atoms with Gasteiger partial charge in [-0.15, -0.1) is 0 Å². The normalized spacial score (nSPS) is 17.8. The van der Waals surface area contributed by atoms with Crippen molar-refractivity contribution < 1.29 is 4.48 Å². The molecule has 0 spiro atoms. The fourth-order valence-corrected chi connectivity index (χ4v) is 3.11. The van der Waals surface area contributed by atoms with Crippen LogP contribution in [0.1, 0.15) is 71.6 Å². The van der Waals surface area contributed by atoms with Crippen LogP contribution in [-0.4, -0.2) is 30.7 Å². The second-order valence-electron chi connectivity index (χ2n) is 5.66. The lowest BCUT2D eigenvalue weighted by Crippen LogP contribution is -2.51. The molecule has 0 radical (unpaired) electrons. The van der Waals surface area contributed by atoms with Crippen LogP contribution < -0.4 is 0 Å². The first-order chi connectivity index (χ1) is 8.83. The maximum atomic E-state index is 6.25. The minimum atomic E-state index is 1.37. The molecule has 2 heteroatoms. The molecule has 1 heterocycles. The van der Waals surface area contributed by atoms with E-state index < -0.39 is 0 Å². The maximum absolute atomic E-state index is 6.25. The Morgan fingerprint density at radius 1 is 0.833 bits per heavy atom. The molecule has 0 unspecified atom stereocenters. The number of piperidine rings is 1. The van der Waals surface area contributed by atoms with Gasteiger partial charge in [-0.1, -0.05) is 32.6 Å². The molecule has 0 aromatic carbocycles. The van der Waals surface area contributed by atoms with E-state index in [2.05, 4.69) is 13.8 Å². The second kappa shape index (κ2) is 11.5. The van der Waals surface area contributed by atoms with Crippen LogP contribution in [0.5, 0.6) is 0 Å². The van der Waals surface area contributed by atoms with Crippen molar-refractivity contribution in [1.29, 1.82) is 5.26 Å². The maximum Gasteiger partial charge on any atom is 0.0786 e. The highest BCUT2D eigenvalue weighted by Crippen LogP contribution is 2.20. The molecule has 1 saturated heterocycles. The first-order valence-corrected chi connectivity index (χ1v) is 7.90. The van der Waals surface area contributed by atoms with Crippen molar-refractivity contribution in [1.82, 2.24) is 0 Å². The van der Waals surface area contributed by atoms with Gasteiger partial charge in [0.2, 0.25) is 0 Å². The van der Waals surface area contributed by atoms with Gasteiger partial charge in [0.25, 0.3) is 0 Å². The first kappa shape index (κ1) is 17.4. The van der Waals surface area contributed by atoms with E-state index in [0.717, 1.165) is 0 Å².